The highest BCUT2D eigenvalue weighted by Gasteiger charge is 2.14. The molecular weight excluding hydrogens is 411 g/mol. The summed E-state index contributed by atoms with van der Waals surface area (Å²) in [6.07, 6.45) is 1.51. The van der Waals surface area contributed by atoms with Gasteiger partial charge in [0, 0.05) is 6.54 Å². The van der Waals surface area contributed by atoms with E-state index in [1.807, 2.05) is 12.1 Å². The standard InChI is InChI=1S/C25H19FN2O4/c26-21-6-1-18(2-7-21)15-30-22-8-3-17(4-9-22)11-20(13-27)25(29)28-14-19-5-10-23-24(12-19)32-16-31-23/h1-12H,14-16H2,(H,28,29)/b20-11+. The van der Waals surface area contributed by atoms with E-state index in [1.165, 1.54) is 18.2 Å². The van der Waals surface area contributed by atoms with Gasteiger partial charge in [0.25, 0.3) is 5.91 Å². The van der Waals surface area contributed by atoms with Crippen LogP contribution in [0, 0.1) is 17.1 Å². The molecular formula is C25H19FN2O4. The number of nitrogens with zero attached hydrogens (tertiary/aromatic N) is 1. The fourth-order valence-corrected chi connectivity index (χ4v) is 3.05. The molecule has 1 amide bonds. The van der Waals surface area contributed by atoms with Crippen molar-refractivity contribution < 1.29 is 23.4 Å². The van der Waals surface area contributed by atoms with Crippen molar-refractivity contribution in [3.8, 4) is 23.3 Å². The maximum absolute atomic E-state index is 13.0. The Labute approximate surface area is 184 Å². The Morgan fingerprint density at radius 2 is 1.75 bits per heavy atom. The van der Waals surface area contributed by atoms with E-state index in [9.17, 15) is 14.4 Å². The van der Waals surface area contributed by atoms with Crippen LogP contribution >= 0.6 is 0 Å². The molecule has 0 fully saturated rings. The second kappa shape index (κ2) is 9.67. The third-order valence-electron chi connectivity index (χ3n) is 4.76. The van der Waals surface area contributed by atoms with Gasteiger partial charge in [0.2, 0.25) is 6.79 Å². The van der Waals surface area contributed by atoms with Gasteiger partial charge in [-0.15, -0.1) is 0 Å². The van der Waals surface area contributed by atoms with Gasteiger partial charge in [0.05, 0.1) is 0 Å². The molecule has 0 aliphatic carbocycles. The minimum atomic E-state index is -0.471. The Bertz CT molecular complexity index is 1180. The Hall–Kier alpha value is -4.31. The molecule has 0 aromatic heterocycles. The van der Waals surface area contributed by atoms with Crippen LogP contribution in [0.25, 0.3) is 6.08 Å². The molecule has 0 unspecified atom stereocenters. The molecule has 7 heteroatoms. The lowest BCUT2D eigenvalue weighted by Crippen LogP contribution is -2.23. The third kappa shape index (κ3) is 5.24. The van der Waals surface area contributed by atoms with Crippen LogP contribution in [0.1, 0.15) is 16.7 Å². The van der Waals surface area contributed by atoms with Crippen LogP contribution in [-0.4, -0.2) is 12.7 Å². The van der Waals surface area contributed by atoms with Crippen molar-refractivity contribution in [3.63, 3.8) is 0 Å². The summed E-state index contributed by atoms with van der Waals surface area (Å²) in [6.45, 7) is 0.744. The average Bonchev–Trinajstić information content (AvgIpc) is 3.29. The van der Waals surface area contributed by atoms with Crippen molar-refractivity contribution in [1.29, 1.82) is 5.26 Å². The Morgan fingerprint density at radius 1 is 1.03 bits per heavy atom. The highest BCUT2D eigenvalue weighted by Crippen LogP contribution is 2.32. The molecule has 1 heterocycles. The SMILES string of the molecule is N#C/C(=C\c1ccc(OCc2ccc(F)cc2)cc1)C(=O)NCc1ccc2c(c1)OCO2. The lowest BCUT2D eigenvalue weighted by Gasteiger charge is -2.07. The highest BCUT2D eigenvalue weighted by atomic mass is 19.1. The normalized spacial score (nSPS) is 12.2. The summed E-state index contributed by atoms with van der Waals surface area (Å²) in [5.41, 5.74) is 2.36. The molecule has 3 aromatic rings. The maximum Gasteiger partial charge on any atom is 0.262 e. The molecule has 0 saturated heterocycles. The fraction of sp³-hybridized carbons (Fsp3) is 0.120. The summed E-state index contributed by atoms with van der Waals surface area (Å²) >= 11 is 0. The van der Waals surface area contributed by atoms with Gasteiger partial charge in [0.15, 0.2) is 11.5 Å². The van der Waals surface area contributed by atoms with E-state index >= 15 is 0 Å². The number of amides is 1. The number of hydrogen-bond acceptors (Lipinski definition) is 5. The summed E-state index contributed by atoms with van der Waals surface area (Å²) < 4.78 is 29.2. The highest BCUT2D eigenvalue weighted by molar-refractivity contribution is 6.01. The molecule has 0 saturated carbocycles. The summed E-state index contributed by atoms with van der Waals surface area (Å²) in [4.78, 5) is 12.4. The molecule has 32 heavy (non-hydrogen) atoms. The van der Waals surface area contributed by atoms with Crippen molar-refractivity contribution >= 4 is 12.0 Å². The van der Waals surface area contributed by atoms with Crippen molar-refractivity contribution in [2.45, 2.75) is 13.2 Å². The number of halogens is 1. The van der Waals surface area contributed by atoms with Gasteiger partial charge in [-0.25, -0.2) is 4.39 Å². The summed E-state index contributed by atoms with van der Waals surface area (Å²) in [6, 6.07) is 20.4. The predicted octanol–water partition coefficient (Wildman–Crippen LogP) is 4.36. The minimum Gasteiger partial charge on any atom is -0.489 e. The summed E-state index contributed by atoms with van der Waals surface area (Å²) in [5, 5.41) is 12.1. The van der Waals surface area contributed by atoms with E-state index in [4.69, 9.17) is 14.2 Å². The fourth-order valence-electron chi connectivity index (χ4n) is 3.05. The molecule has 3 aromatic carbocycles. The van der Waals surface area contributed by atoms with Crippen LogP contribution < -0.4 is 19.5 Å². The summed E-state index contributed by atoms with van der Waals surface area (Å²) in [7, 11) is 0. The van der Waals surface area contributed by atoms with Gasteiger partial charge in [-0.05, 0) is 59.2 Å². The van der Waals surface area contributed by atoms with E-state index in [2.05, 4.69) is 5.32 Å². The van der Waals surface area contributed by atoms with Gasteiger partial charge in [0.1, 0.15) is 29.8 Å². The molecule has 1 aliphatic rings. The zero-order valence-electron chi connectivity index (χ0n) is 17.0. The lowest BCUT2D eigenvalue weighted by atomic mass is 10.1. The van der Waals surface area contributed by atoms with E-state index in [0.29, 0.717) is 29.4 Å². The van der Waals surface area contributed by atoms with E-state index in [-0.39, 0.29) is 24.7 Å². The van der Waals surface area contributed by atoms with Crippen molar-refractivity contribution in [1.82, 2.24) is 5.32 Å². The van der Waals surface area contributed by atoms with Crippen LogP contribution in [0.3, 0.4) is 0 Å². The average molecular weight is 430 g/mol. The second-order valence-corrected chi connectivity index (χ2v) is 7.02. The predicted molar refractivity (Wildman–Crippen MR) is 115 cm³/mol. The van der Waals surface area contributed by atoms with Crippen molar-refractivity contribution in [3.05, 3.63) is 94.8 Å². The first-order valence-corrected chi connectivity index (χ1v) is 9.86. The van der Waals surface area contributed by atoms with Gasteiger partial charge in [-0.2, -0.15) is 5.26 Å². The maximum atomic E-state index is 13.0. The zero-order valence-corrected chi connectivity index (χ0v) is 17.0. The number of nitrogens with one attached hydrogen (secondary N) is 1. The van der Waals surface area contributed by atoms with Gasteiger partial charge >= 0.3 is 0 Å². The number of ether oxygens (including phenoxy) is 3. The molecule has 4 rings (SSSR count). The van der Waals surface area contributed by atoms with Crippen LogP contribution in [-0.2, 0) is 17.9 Å². The zero-order chi connectivity index (χ0) is 22.3. The molecule has 0 atom stereocenters. The Balaban J connectivity index is 1.34. The topological polar surface area (TPSA) is 80.6 Å². The largest absolute Gasteiger partial charge is 0.489 e. The van der Waals surface area contributed by atoms with E-state index in [1.54, 1.807) is 48.5 Å². The number of benzene rings is 3. The molecule has 160 valence electrons. The first-order chi connectivity index (χ1) is 15.6. The number of carbonyl (C=O) groups is 1. The van der Waals surface area contributed by atoms with Crippen LogP contribution in [0.5, 0.6) is 17.2 Å². The smallest absolute Gasteiger partial charge is 0.262 e. The molecule has 1 aliphatic heterocycles. The Morgan fingerprint density at radius 3 is 2.50 bits per heavy atom. The number of nitriles is 1. The Kier molecular flexibility index (Phi) is 6.33. The van der Waals surface area contributed by atoms with Gasteiger partial charge in [-0.1, -0.05) is 30.3 Å². The van der Waals surface area contributed by atoms with Gasteiger partial charge in [-0.3, -0.25) is 4.79 Å². The van der Waals surface area contributed by atoms with E-state index in [0.717, 1.165) is 11.1 Å². The molecule has 1 N–H and O–H groups in total. The molecule has 0 bridgehead atoms. The van der Waals surface area contributed by atoms with Crippen LogP contribution in [0.2, 0.25) is 0 Å². The quantitative estimate of drug-likeness (QED) is 0.445. The van der Waals surface area contributed by atoms with Crippen molar-refractivity contribution in [2.24, 2.45) is 0 Å². The number of rotatable bonds is 7. The molecule has 0 radical (unpaired) electrons. The number of fused-ring (bicyclic) bond motifs is 1. The number of carbonyl (C=O) groups excluding carboxylic acids is 1. The molecule has 0 spiro atoms. The first-order valence-electron chi connectivity index (χ1n) is 9.86. The monoisotopic (exact) mass is 430 g/mol. The van der Waals surface area contributed by atoms with Crippen LogP contribution in [0.15, 0.2) is 72.3 Å². The minimum absolute atomic E-state index is 0.00859. The van der Waals surface area contributed by atoms with E-state index < -0.39 is 5.91 Å². The van der Waals surface area contributed by atoms with Gasteiger partial charge < -0.3 is 19.5 Å². The lowest BCUT2D eigenvalue weighted by molar-refractivity contribution is -0.117. The van der Waals surface area contributed by atoms with Crippen LogP contribution in [0.4, 0.5) is 4.39 Å². The summed E-state index contributed by atoms with van der Waals surface area (Å²) in [5.74, 6) is 1.16. The van der Waals surface area contributed by atoms with Crippen molar-refractivity contribution in [2.75, 3.05) is 6.79 Å². The molecule has 6 nitrogen and oxygen atoms in total. The number of hydrogen-bond donors (Lipinski definition) is 1. The second-order valence-electron chi connectivity index (χ2n) is 7.02. The first kappa shape index (κ1) is 20.9. The third-order valence-corrected chi connectivity index (χ3v) is 4.76.